The number of nitrogens with zero attached hydrogens (tertiary/aromatic N) is 3. The lowest BCUT2D eigenvalue weighted by Gasteiger charge is -2.02. The van der Waals surface area contributed by atoms with Gasteiger partial charge in [-0.05, 0) is 6.92 Å². The Labute approximate surface area is 127 Å². The summed E-state index contributed by atoms with van der Waals surface area (Å²) >= 11 is 1.65. The van der Waals surface area contributed by atoms with Gasteiger partial charge in [-0.3, -0.25) is 4.79 Å². The molecule has 21 heavy (non-hydrogen) atoms. The molecule has 2 aromatic heterocycles. The van der Waals surface area contributed by atoms with Gasteiger partial charge in [-0.15, -0.1) is 0 Å². The lowest BCUT2D eigenvalue weighted by Crippen LogP contribution is -2.35. The number of nitrogen functional groups attached to an aromatic ring is 1. The number of carbonyl (C=O) groups excluding carboxylic acids is 1. The molecular weight excluding hydrogens is 288 g/mol. The highest BCUT2D eigenvalue weighted by atomic mass is 32.1. The summed E-state index contributed by atoms with van der Waals surface area (Å²) < 4.78 is 7.09. The van der Waals surface area contributed by atoms with E-state index in [9.17, 15) is 4.79 Å². The molecule has 2 aromatic rings. The Morgan fingerprint density at radius 2 is 2.24 bits per heavy atom. The van der Waals surface area contributed by atoms with E-state index < -0.39 is 0 Å². The van der Waals surface area contributed by atoms with Gasteiger partial charge < -0.3 is 10.5 Å². The average molecular weight is 307 g/mol. The van der Waals surface area contributed by atoms with Gasteiger partial charge in [0.25, 0.3) is 0 Å². The fraction of sp³-hybridized carbons (Fsp3) is 0.429. The Hall–Kier alpha value is -2.02. The second-order valence-corrected chi connectivity index (χ2v) is 5.72. The summed E-state index contributed by atoms with van der Waals surface area (Å²) in [5, 5.41) is 0. The minimum absolute atomic E-state index is 0.248. The molecule has 0 aliphatic heterocycles. The first-order chi connectivity index (χ1) is 9.97. The number of esters is 1. The van der Waals surface area contributed by atoms with Crippen LogP contribution >= 0.6 is 11.3 Å². The average Bonchev–Trinajstić information content (AvgIpc) is 2.74. The number of carbonyl (C=O) groups is 1. The fourth-order valence-corrected chi connectivity index (χ4v) is 2.93. The van der Waals surface area contributed by atoms with Crippen molar-refractivity contribution in [1.82, 2.24) is 9.97 Å². The Morgan fingerprint density at radius 1 is 1.48 bits per heavy atom. The van der Waals surface area contributed by atoms with Crippen LogP contribution in [0.3, 0.4) is 0 Å². The third kappa shape index (κ3) is 3.98. The Kier molecular flexibility index (Phi) is 4.85. The molecule has 112 valence electrons. The standard InChI is InChI=1S/C14H19N4O2S/c1-9-13(4-5-20-11(3)19)21-8-18(9)7-12-6-16-10(2)17-14(12)15/h6,8H,4-5,7H2,1-3H3,(H2,15,16,17)/q+1. The molecule has 6 nitrogen and oxygen atoms in total. The van der Waals surface area contributed by atoms with E-state index >= 15 is 0 Å². The topological polar surface area (TPSA) is 82.0 Å². The molecule has 2 rings (SSSR count). The Balaban J connectivity index is 2.07. The van der Waals surface area contributed by atoms with Crippen LogP contribution in [0.4, 0.5) is 5.82 Å². The molecular formula is C14H19N4O2S+. The predicted molar refractivity (Wildman–Crippen MR) is 79.9 cm³/mol. The van der Waals surface area contributed by atoms with E-state index in [1.807, 2.05) is 19.4 Å². The van der Waals surface area contributed by atoms with E-state index in [1.54, 1.807) is 17.5 Å². The monoisotopic (exact) mass is 307 g/mol. The second kappa shape index (κ2) is 6.62. The van der Waals surface area contributed by atoms with E-state index in [-0.39, 0.29) is 5.97 Å². The van der Waals surface area contributed by atoms with Crippen molar-refractivity contribution in [2.75, 3.05) is 12.3 Å². The number of hydrogen-bond acceptors (Lipinski definition) is 6. The van der Waals surface area contributed by atoms with Crippen molar-refractivity contribution >= 4 is 23.1 Å². The molecule has 0 saturated heterocycles. The van der Waals surface area contributed by atoms with Crippen molar-refractivity contribution in [2.45, 2.75) is 33.7 Å². The van der Waals surface area contributed by atoms with Crippen LogP contribution in [-0.4, -0.2) is 22.5 Å². The van der Waals surface area contributed by atoms with E-state index in [0.29, 0.717) is 24.8 Å². The van der Waals surface area contributed by atoms with Gasteiger partial charge in [0, 0.05) is 26.5 Å². The van der Waals surface area contributed by atoms with E-state index in [2.05, 4.69) is 14.5 Å². The maximum atomic E-state index is 10.8. The summed E-state index contributed by atoms with van der Waals surface area (Å²) in [5.41, 5.74) is 10.0. The maximum absolute atomic E-state index is 10.8. The SMILES string of the molecule is CC(=O)OCCc1sc[n+](Cc2cnc(C)nc2N)c1C. The molecule has 0 aromatic carbocycles. The summed E-state index contributed by atoms with van der Waals surface area (Å²) in [6, 6.07) is 0. The predicted octanol–water partition coefficient (Wildman–Crippen LogP) is 1.18. The van der Waals surface area contributed by atoms with Crippen LogP contribution < -0.4 is 10.3 Å². The van der Waals surface area contributed by atoms with Crippen molar-refractivity contribution in [1.29, 1.82) is 0 Å². The lowest BCUT2D eigenvalue weighted by atomic mass is 10.2. The molecule has 0 radical (unpaired) electrons. The third-order valence-corrected chi connectivity index (χ3v) is 4.29. The van der Waals surface area contributed by atoms with Crippen molar-refractivity contribution in [3.8, 4) is 0 Å². The molecule has 0 spiro atoms. The molecule has 0 aliphatic rings. The molecule has 7 heteroatoms. The number of ether oxygens (including phenoxy) is 1. The zero-order chi connectivity index (χ0) is 15.4. The minimum Gasteiger partial charge on any atom is -0.465 e. The van der Waals surface area contributed by atoms with Gasteiger partial charge >= 0.3 is 5.97 Å². The smallest absolute Gasteiger partial charge is 0.302 e. The number of thiazole rings is 1. The molecule has 0 amide bonds. The van der Waals surface area contributed by atoms with Crippen molar-refractivity contribution in [3.63, 3.8) is 0 Å². The molecule has 0 fully saturated rings. The molecule has 0 aliphatic carbocycles. The minimum atomic E-state index is -0.248. The van der Waals surface area contributed by atoms with Gasteiger partial charge in [-0.2, -0.15) is 4.57 Å². The zero-order valence-corrected chi connectivity index (χ0v) is 13.2. The first-order valence-electron chi connectivity index (χ1n) is 6.65. The summed E-state index contributed by atoms with van der Waals surface area (Å²) in [7, 11) is 0. The second-order valence-electron chi connectivity index (χ2n) is 4.78. The maximum Gasteiger partial charge on any atom is 0.302 e. The van der Waals surface area contributed by atoms with E-state index in [1.165, 1.54) is 11.8 Å². The number of rotatable bonds is 5. The Bertz CT molecular complexity index is 654. The van der Waals surface area contributed by atoms with Gasteiger partial charge in [0.05, 0.1) is 17.0 Å². The number of hydrogen-bond donors (Lipinski definition) is 1. The fourth-order valence-electron chi connectivity index (χ4n) is 1.95. The van der Waals surface area contributed by atoms with Crippen LogP contribution in [0, 0.1) is 13.8 Å². The largest absolute Gasteiger partial charge is 0.465 e. The molecule has 0 atom stereocenters. The third-order valence-electron chi connectivity index (χ3n) is 3.15. The molecule has 2 N–H and O–H groups in total. The first kappa shape index (κ1) is 15.4. The van der Waals surface area contributed by atoms with Crippen molar-refractivity contribution in [3.05, 3.63) is 33.7 Å². The van der Waals surface area contributed by atoms with Gasteiger partial charge in [0.15, 0.2) is 12.2 Å². The highest BCUT2D eigenvalue weighted by molar-refractivity contribution is 7.09. The number of anilines is 1. The van der Waals surface area contributed by atoms with E-state index in [0.717, 1.165) is 17.7 Å². The molecule has 0 bridgehead atoms. The number of aromatic nitrogens is 3. The van der Waals surface area contributed by atoms with Crippen LogP contribution in [0.15, 0.2) is 11.7 Å². The van der Waals surface area contributed by atoms with Gasteiger partial charge in [0.1, 0.15) is 11.6 Å². The van der Waals surface area contributed by atoms with Crippen LogP contribution in [0.2, 0.25) is 0 Å². The molecule has 0 saturated carbocycles. The highest BCUT2D eigenvalue weighted by Crippen LogP contribution is 2.14. The summed E-state index contributed by atoms with van der Waals surface area (Å²) in [6.07, 6.45) is 2.49. The van der Waals surface area contributed by atoms with Crippen LogP contribution in [0.25, 0.3) is 0 Å². The summed E-state index contributed by atoms with van der Waals surface area (Å²) in [6.45, 7) is 6.33. The lowest BCUT2D eigenvalue weighted by molar-refractivity contribution is -0.689. The zero-order valence-electron chi connectivity index (χ0n) is 12.4. The van der Waals surface area contributed by atoms with Crippen molar-refractivity contribution in [2.24, 2.45) is 0 Å². The molecule has 2 heterocycles. The van der Waals surface area contributed by atoms with Gasteiger partial charge in [0.2, 0.25) is 5.51 Å². The normalized spacial score (nSPS) is 10.6. The van der Waals surface area contributed by atoms with E-state index in [4.69, 9.17) is 10.5 Å². The molecule has 0 unspecified atom stereocenters. The summed E-state index contributed by atoms with van der Waals surface area (Å²) in [4.78, 5) is 20.3. The summed E-state index contributed by atoms with van der Waals surface area (Å²) in [5.74, 6) is 0.939. The quantitative estimate of drug-likeness (QED) is 0.662. The number of nitrogens with two attached hydrogens (primary N) is 1. The van der Waals surface area contributed by atoms with Crippen LogP contribution in [0.1, 0.15) is 28.9 Å². The van der Waals surface area contributed by atoms with Crippen LogP contribution in [-0.2, 0) is 22.5 Å². The van der Waals surface area contributed by atoms with Gasteiger partial charge in [-0.25, -0.2) is 9.97 Å². The first-order valence-corrected chi connectivity index (χ1v) is 7.53. The van der Waals surface area contributed by atoms with Crippen LogP contribution in [0.5, 0.6) is 0 Å². The van der Waals surface area contributed by atoms with Gasteiger partial charge in [-0.1, -0.05) is 11.3 Å². The van der Waals surface area contributed by atoms with Crippen molar-refractivity contribution < 1.29 is 14.1 Å². The highest BCUT2D eigenvalue weighted by Gasteiger charge is 2.17. The Morgan fingerprint density at radius 3 is 2.90 bits per heavy atom. The number of aryl methyl sites for hydroxylation is 1.